The fourth-order valence-corrected chi connectivity index (χ4v) is 2.91. The lowest BCUT2D eigenvalue weighted by atomic mass is 9.84. The average Bonchev–Trinajstić information content (AvgIpc) is 2.25. The maximum Gasteiger partial charge on any atom is 0.133 e. The third-order valence-corrected chi connectivity index (χ3v) is 4.68. The van der Waals surface area contributed by atoms with Gasteiger partial charge in [0.15, 0.2) is 0 Å². The molecule has 1 aliphatic carbocycles. The molecule has 0 aromatic carbocycles. The maximum atomic E-state index is 9.11. The van der Waals surface area contributed by atoms with Crippen LogP contribution in [0.25, 0.3) is 0 Å². The predicted molar refractivity (Wildman–Crippen MR) is 67.7 cm³/mol. The maximum absolute atomic E-state index is 9.11. The first kappa shape index (κ1) is 11.7. The zero-order valence-corrected chi connectivity index (χ0v) is 10.4. The molecule has 2 rings (SSSR count). The number of rotatable bonds is 5. The van der Waals surface area contributed by atoms with E-state index in [4.69, 9.17) is 5.11 Å². The summed E-state index contributed by atoms with van der Waals surface area (Å²) in [6.45, 7) is 1.83. The van der Waals surface area contributed by atoms with Crippen molar-refractivity contribution in [2.24, 2.45) is 0 Å². The van der Waals surface area contributed by atoms with Crippen LogP contribution < -0.4 is 5.32 Å². The van der Waals surface area contributed by atoms with Gasteiger partial charge in [0.2, 0.25) is 0 Å². The lowest BCUT2D eigenvalue weighted by Gasteiger charge is -2.40. The fraction of sp³-hybridized carbons (Fsp3) is 0.583. The van der Waals surface area contributed by atoms with Crippen molar-refractivity contribution >= 4 is 11.8 Å². The minimum atomic E-state index is 0.225. The van der Waals surface area contributed by atoms with Gasteiger partial charge in [-0.05, 0) is 31.2 Å². The van der Waals surface area contributed by atoms with Crippen LogP contribution in [0.5, 0.6) is 5.75 Å². The van der Waals surface area contributed by atoms with Crippen LogP contribution in [0, 0.1) is 0 Å². The largest absolute Gasteiger partial charge is 0.506 e. The first-order valence-corrected chi connectivity index (χ1v) is 6.86. The Kier molecular flexibility index (Phi) is 3.71. The fourth-order valence-electron chi connectivity index (χ4n) is 1.96. The van der Waals surface area contributed by atoms with E-state index in [9.17, 15) is 0 Å². The molecule has 1 aromatic heterocycles. The summed E-state index contributed by atoms with van der Waals surface area (Å²) in [7, 11) is 0. The second-order valence-corrected chi connectivity index (χ2v) is 5.63. The third-order valence-electron chi connectivity index (χ3n) is 3.26. The highest BCUT2D eigenvalue weighted by molar-refractivity contribution is 8.00. The lowest BCUT2D eigenvalue weighted by molar-refractivity contribution is 0.345. The molecule has 2 N–H and O–H groups in total. The van der Waals surface area contributed by atoms with E-state index in [1.54, 1.807) is 6.07 Å². The van der Waals surface area contributed by atoms with Crippen LogP contribution >= 0.6 is 11.8 Å². The van der Waals surface area contributed by atoms with E-state index < -0.39 is 0 Å². The number of nitrogens with one attached hydrogen (secondary N) is 1. The Morgan fingerprint density at radius 3 is 2.81 bits per heavy atom. The number of nitrogens with zero attached hydrogens (tertiary/aromatic N) is 1. The zero-order valence-electron chi connectivity index (χ0n) is 9.57. The predicted octanol–water partition coefficient (Wildman–Crippen LogP) is 2.16. The number of hydrogen-bond donors (Lipinski definition) is 2. The van der Waals surface area contributed by atoms with Crippen molar-refractivity contribution in [3.8, 4) is 5.75 Å². The van der Waals surface area contributed by atoms with E-state index in [2.05, 4.69) is 16.6 Å². The van der Waals surface area contributed by atoms with Gasteiger partial charge in [0.1, 0.15) is 5.75 Å². The van der Waals surface area contributed by atoms with E-state index in [0.29, 0.717) is 4.75 Å². The Morgan fingerprint density at radius 2 is 2.31 bits per heavy atom. The highest BCUT2D eigenvalue weighted by Gasteiger charge is 2.35. The van der Waals surface area contributed by atoms with Crippen LogP contribution in [0.2, 0.25) is 0 Å². The standard InChI is InChI=1S/C12H18N2OS/c1-16-12(5-2-6-12)9-13-7-10-3-4-11(15)8-14-10/h3-4,8,13,15H,2,5-7,9H2,1H3. The van der Waals surface area contributed by atoms with E-state index in [1.165, 1.54) is 25.5 Å². The van der Waals surface area contributed by atoms with Gasteiger partial charge in [-0.15, -0.1) is 0 Å². The monoisotopic (exact) mass is 238 g/mol. The van der Waals surface area contributed by atoms with Crippen LogP contribution in [0.4, 0.5) is 0 Å². The van der Waals surface area contributed by atoms with Gasteiger partial charge in [-0.2, -0.15) is 11.8 Å². The van der Waals surface area contributed by atoms with Gasteiger partial charge >= 0.3 is 0 Å². The van der Waals surface area contributed by atoms with Gasteiger partial charge in [-0.25, -0.2) is 0 Å². The Hall–Kier alpha value is -0.740. The van der Waals surface area contributed by atoms with Crippen molar-refractivity contribution in [3.63, 3.8) is 0 Å². The van der Waals surface area contributed by atoms with Crippen LogP contribution in [-0.2, 0) is 6.54 Å². The summed E-state index contributed by atoms with van der Waals surface area (Å²) in [5.74, 6) is 0.225. The minimum Gasteiger partial charge on any atom is -0.506 e. The van der Waals surface area contributed by atoms with Crippen LogP contribution in [0.15, 0.2) is 18.3 Å². The molecule has 0 atom stereocenters. The Labute approximate surface area is 101 Å². The first-order valence-electron chi connectivity index (χ1n) is 5.64. The van der Waals surface area contributed by atoms with Gasteiger partial charge in [-0.3, -0.25) is 4.98 Å². The van der Waals surface area contributed by atoms with Gasteiger partial charge in [0.05, 0.1) is 11.9 Å². The summed E-state index contributed by atoms with van der Waals surface area (Å²) in [5, 5.41) is 12.6. The Bertz CT molecular complexity index is 330. The Balaban J connectivity index is 1.77. The molecule has 0 aliphatic heterocycles. The number of pyridine rings is 1. The van der Waals surface area contributed by atoms with Crippen molar-refractivity contribution in [3.05, 3.63) is 24.0 Å². The van der Waals surface area contributed by atoms with Crippen molar-refractivity contribution < 1.29 is 5.11 Å². The summed E-state index contributed by atoms with van der Waals surface area (Å²) in [6, 6.07) is 3.53. The molecule has 4 heteroatoms. The molecule has 0 saturated heterocycles. The van der Waals surface area contributed by atoms with Gasteiger partial charge in [0, 0.05) is 17.8 Å². The zero-order chi connectivity index (χ0) is 11.4. The first-order chi connectivity index (χ1) is 7.74. The second-order valence-electron chi connectivity index (χ2n) is 4.35. The summed E-state index contributed by atoms with van der Waals surface area (Å²) >= 11 is 1.97. The van der Waals surface area contributed by atoms with Crippen molar-refractivity contribution in [2.75, 3.05) is 12.8 Å². The van der Waals surface area contributed by atoms with Gasteiger partial charge < -0.3 is 10.4 Å². The minimum absolute atomic E-state index is 0.225. The van der Waals surface area contributed by atoms with Gasteiger partial charge in [-0.1, -0.05) is 6.42 Å². The molecule has 16 heavy (non-hydrogen) atoms. The van der Waals surface area contributed by atoms with Crippen molar-refractivity contribution in [2.45, 2.75) is 30.6 Å². The number of hydrogen-bond acceptors (Lipinski definition) is 4. The normalized spacial score (nSPS) is 18.1. The molecule has 1 aromatic rings. The van der Waals surface area contributed by atoms with E-state index >= 15 is 0 Å². The number of aromatic nitrogens is 1. The molecule has 1 saturated carbocycles. The quantitative estimate of drug-likeness (QED) is 0.825. The SMILES string of the molecule is CSC1(CNCc2ccc(O)cn2)CCC1. The molecule has 0 bridgehead atoms. The van der Waals surface area contributed by atoms with E-state index in [-0.39, 0.29) is 5.75 Å². The Morgan fingerprint density at radius 1 is 1.50 bits per heavy atom. The summed E-state index contributed by atoms with van der Waals surface area (Å²) in [5.41, 5.74) is 0.980. The van der Waals surface area contributed by atoms with Crippen LogP contribution in [0.1, 0.15) is 25.0 Å². The molecule has 1 aliphatic rings. The highest BCUT2D eigenvalue weighted by atomic mass is 32.2. The molecule has 0 radical (unpaired) electrons. The third kappa shape index (κ3) is 2.68. The van der Waals surface area contributed by atoms with Crippen LogP contribution in [-0.4, -0.2) is 27.6 Å². The summed E-state index contributed by atoms with van der Waals surface area (Å²) < 4.78 is 0.469. The topological polar surface area (TPSA) is 45.1 Å². The van der Waals surface area contributed by atoms with Crippen molar-refractivity contribution in [1.82, 2.24) is 10.3 Å². The molecule has 0 amide bonds. The molecule has 88 valence electrons. The molecular formula is C12H18N2OS. The summed E-state index contributed by atoms with van der Waals surface area (Å²) in [6.07, 6.45) is 7.69. The van der Waals surface area contributed by atoms with E-state index in [1.807, 2.05) is 17.8 Å². The second kappa shape index (κ2) is 5.06. The van der Waals surface area contributed by atoms with Crippen molar-refractivity contribution in [1.29, 1.82) is 0 Å². The molecule has 3 nitrogen and oxygen atoms in total. The smallest absolute Gasteiger partial charge is 0.133 e. The lowest BCUT2D eigenvalue weighted by Crippen LogP contribution is -2.43. The number of thioether (sulfide) groups is 1. The summed E-state index contributed by atoms with van der Waals surface area (Å²) in [4.78, 5) is 4.15. The van der Waals surface area contributed by atoms with Gasteiger partial charge in [0.25, 0.3) is 0 Å². The average molecular weight is 238 g/mol. The molecule has 0 spiro atoms. The molecular weight excluding hydrogens is 220 g/mol. The van der Waals surface area contributed by atoms with Crippen LogP contribution in [0.3, 0.4) is 0 Å². The molecule has 1 fully saturated rings. The molecule has 0 unspecified atom stereocenters. The number of aromatic hydroxyl groups is 1. The highest BCUT2D eigenvalue weighted by Crippen LogP contribution is 2.42. The van der Waals surface area contributed by atoms with E-state index in [0.717, 1.165) is 18.8 Å². The molecule has 1 heterocycles.